The fourth-order valence-electron chi connectivity index (χ4n) is 4.28. The number of imidazole rings is 1. The van der Waals surface area contributed by atoms with Crippen molar-refractivity contribution in [2.75, 3.05) is 26.8 Å². The Morgan fingerprint density at radius 2 is 2.15 bits per heavy atom. The minimum Gasteiger partial charge on any atom is -0.493 e. The Hall–Kier alpha value is -2.50. The van der Waals surface area contributed by atoms with Gasteiger partial charge in [0, 0.05) is 37.9 Å². The first-order valence-corrected chi connectivity index (χ1v) is 9.79. The van der Waals surface area contributed by atoms with Gasteiger partial charge in [0.2, 0.25) is 5.91 Å². The van der Waals surface area contributed by atoms with Gasteiger partial charge in [-0.25, -0.2) is 4.98 Å². The standard InChI is InChI=1S/C21H27N3O3/c1-3-23-12-9-22-20(23)15-7-10-24(11-8-15)21(25)17-13-16-5-4-6-18(26-2)19(16)27-14-17/h4-6,9,12,15,17H,3,7-8,10-11,13-14H2,1-2H3/t17-/m1/s1. The lowest BCUT2D eigenvalue weighted by molar-refractivity contribution is -0.138. The molecule has 2 aliphatic heterocycles. The van der Waals surface area contributed by atoms with Crippen LogP contribution in [0.4, 0.5) is 0 Å². The molecule has 1 fully saturated rings. The van der Waals surface area contributed by atoms with Crippen molar-refractivity contribution in [2.24, 2.45) is 5.92 Å². The topological polar surface area (TPSA) is 56.6 Å². The van der Waals surface area contributed by atoms with Crippen LogP contribution in [0.2, 0.25) is 0 Å². The predicted molar refractivity (Wildman–Crippen MR) is 102 cm³/mol. The number of aromatic nitrogens is 2. The van der Waals surface area contributed by atoms with Gasteiger partial charge in [0.15, 0.2) is 11.5 Å². The molecule has 6 heteroatoms. The van der Waals surface area contributed by atoms with E-state index in [2.05, 4.69) is 16.5 Å². The number of ether oxygens (including phenoxy) is 2. The summed E-state index contributed by atoms with van der Waals surface area (Å²) in [5.74, 6) is 3.22. The van der Waals surface area contributed by atoms with E-state index in [0.717, 1.165) is 55.4 Å². The van der Waals surface area contributed by atoms with Crippen molar-refractivity contribution in [3.8, 4) is 11.5 Å². The highest BCUT2D eigenvalue weighted by atomic mass is 16.5. The number of benzene rings is 1. The van der Waals surface area contributed by atoms with E-state index >= 15 is 0 Å². The van der Waals surface area contributed by atoms with Gasteiger partial charge in [0.05, 0.1) is 13.0 Å². The molecular weight excluding hydrogens is 342 g/mol. The smallest absolute Gasteiger partial charge is 0.229 e. The number of piperidine rings is 1. The summed E-state index contributed by atoms with van der Waals surface area (Å²) in [6.07, 6.45) is 6.58. The number of methoxy groups -OCH3 is 1. The first-order valence-electron chi connectivity index (χ1n) is 9.79. The van der Waals surface area contributed by atoms with Gasteiger partial charge in [-0.3, -0.25) is 4.79 Å². The largest absolute Gasteiger partial charge is 0.493 e. The molecule has 6 nitrogen and oxygen atoms in total. The Kier molecular flexibility index (Phi) is 5.05. The Morgan fingerprint density at radius 1 is 1.33 bits per heavy atom. The van der Waals surface area contributed by atoms with Crippen LogP contribution in [0, 0.1) is 5.92 Å². The van der Waals surface area contributed by atoms with Crippen molar-refractivity contribution in [3.05, 3.63) is 42.0 Å². The Bertz CT molecular complexity index is 809. The van der Waals surface area contributed by atoms with Gasteiger partial charge in [-0.2, -0.15) is 0 Å². The lowest BCUT2D eigenvalue weighted by atomic mass is 9.92. The lowest BCUT2D eigenvalue weighted by Crippen LogP contribution is -2.44. The van der Waals surface area contributed by atoms with E-state index in [9.17, 15) is 4.79 Å². The zero-order chi connectivity index (χ0) is 18.8. The summed E-state index contributed by atoms with van der Waals surface area (Å²) in [5.41, 5.74) is 1.05. The number of carbonyl (C=O) groups excluding carboxylic acids is 1. The molecule has 0 spiro atoms. The monoisotopic (exact) mass is 369 g/mol. The number of hydrogen-bond donors (Lipinski definition) is 0. The van der Waals surface area contributed by atoms with E-state index in [-0.39, 0.29) is 11.8 Å². The molecule has 144 valence electrons. The molecule has 2 aromatic rings. The summed E-state index contributed by atoms with van der Waals surface area (Å²) in [4.78, 5) is 19.6. The number of carbonyl (C=O) groups is 1. The summed E-state index contributed by atoms with van der Waals surface area (Å²) in [6, 6.07) is 5.87. The number of nitrogens with zero attached hydrogens (tertiary/aromatic N) is 3. The molecule has 0 aliphatic carbocycles. The number of amides is 1. The molecule has 0 bridgehead atoms. The molecule has 0 N–H and O–H groups in total. The van der Waals surface area contributed by atoms with Crippen molar-refractivity contribution in [2.45, 2.75) is 38.6 Å². The fourth-order valence-corrected chi connectivity index (χ4v) is 4.28. The molecule has 0 radical (unpaired) electrons. The quantitative estimate of drug-likeness (QED) is 0.832. The molecule has 1 atom stereocenters. The summed E-state index contributed by atoms with van der Waals surface area (Å²) < 4.78 is 13.5. The van der Waals surface area contributed by atoms with Crippen LogP contribution in [0.25, 0.3) is 0 Å². The van der Waals surface area contributed by atoms with E-state index in [1.165, 1.54) is 0 Å². The maximum atomic E-state index is 13.0. The second kappa shape index (κ2) is 7.62. The van der Waals surface area contributed by atoms with Gasteiger partial charge in [0.1, 0.15) is 12.4 Å². The van der Waals surface area contributed by atoms with Crippen LogP contribution in [-0.2, 0) is 17.8 Å². The maximum Gasteiger partial charge on any atom is 0.229 e. The van der Waals surface area contributed by atoms with Crippen molar-refractivity contribution >= 4 is 5.91 Å². The Labute approximate surface area is 160 Å². The van der Waals surface area contributed by atoms with Gasteiger partial charge in [-0.1, -0.05) is 12.1 Å². The summed E-state index contributed by atoms with van der Waals surface area (Å²) in [6.45, 7) is 5.09. The zero-order valence-corrected chi connectivity index (χ0v) is 16.1. The van der Waals surface area contributed by atoms with Crippen molar-refractivity contribution in [1.82, 2.24) is 14.5 Å². The second-order valence-corrected chi connectivity index (χ2v) is 7.33. The summed E-state index contributed by atoms with van der Waals surface area (Å²) in [7, 11) is 1.64. The highest BCUT2D eigenvalue weighted by molar-refractivity contribution is 5.80. The number of rotatable bonds is 4. The normalized spacial score (nSPS) is 20.1. The molecule has 0 unspecified atom stereocenters. The third-order valence-corrected chi connectivity index (χ3v) is 5.78. The first kappa shape index (κ1) is 17.9. The number of likely N-dealkylation sites (tertiary alicyclic amines) is 1. The Balaban J connectivity index is 1.38. The predicted octanol–water partition coefficient (Wildman–Crippen LogP) is 2.87. The third-order valence-electron chi connectivity index (χ3n) is 5.78. The van der Waals surface area contributed by atoms with Crippen LogP contribution in [-0.4, -0.2) is 47.2 Å². The number of fused-ring (bicyclic) bond motifs is 1. The summed E-state index contributed by atoms with van der Waals surface area (Å²) in [5, 5.41) is 0. The third kappa shape index (κ3) is 3.40. The highest BCUT2D eigenvalue weighted by Gasteiger charge is 2.33. The van der Waals surface area contributed by atoms with Crippen LogP contribution in [0.5, 0.6) is 11.5 Å². The molecule has 1 aromatic heterocycles. The van der Waals surface area contributed by atoms with Crippen LogP contribution in [0.1, 0.15) is 37.1 Å². The van der Waals surface area contributed by atoms with E-state index < -0.39 is 0 Å². The average Bonchev–Trinajstić information content (AvgIpc) is 3.21. The highest BCUT2D eigenvalue weighted by Crippen LogP contribution is 2.37. The van der Waals surface area contributed by atoms with Crippen molar-refractivity contribution in [1.29, 1.82) is 0 Å². The Morgan fingerprint density at radius 3 is 2.89 bits per heavy atom. The molecule has 3 heterocycles. The van der Waals surface area contributed by atoms with Crippen molar-refractivity contribution < 1.29 is 14.3 Å². The molecular formula is C21H27N3O3. The summed E-state index contributed by atoms with van der Waals surface area (Å²) >= 11 is 0. The number of para-hydroxylation sites is 1. The molecule has 4 rings (SSSR count). The molecule has 2 aliphatic rings. The SMILES string of the molecule is CCn1ccnc1C1CCN(C(=O)[C@H]2COc3c(cccc3OC)C2)CC1. The number of hydrogen-bond acceptors (Lipinski definition) is 4. The molecule has 1 saturated heterocycles. The van der Waals surface area contributed by atoms with Gasteiger partial charge in [-0.15, -0.1) is 0 Å². The van der Waals surface area contributed by atoms with Crippen molar-refractivity contribution in [3.63, 3.8) is 0 Å². The van der Waals surface area contributed by atoms with E-state index in [1.54, 1.807) is 7.11 Å². The average molecular weight is 369 g/mol. The first-order chi connectivity index (χ1) is 13.2. The fraction of sp³-hybridized carbons (Fsp3) is 0.524. The molecule has 1 aromatic carbocycles. The van der Waals surface area contributed by atoms with E-state index in [4.69, 9.17) is 9.47 Å². The molecule has 1 amide bonds. The van der Waals surface area contributed by atoms with Gasteiger partial charge >= 0.3 is 0 Å². The van der Waals surface area contributed by atoms with Crippen LogP contribution in [0.3, 0.4) is 0 Å². The lowest BCUT2D eigenvalue weighted by Gasteiger charge is -2.35. The van der Waals surface area contributed by atoms with Crippen LogP contribution < -0.4 is 9.47 Å². The van der Waals surface area contributed by atoms with Gasteiger partial charge in [0.25, 0.3) is 0 Å². The maximum absolute atomic E-state index is 13.0. The van der Waals surface area contributed by atoms with Gasteiger partial charge in [-0.05, 0) is 37.8 Å². The molecule has 0 saturated carbocycles. The number of aryl methyl sites for hydroxylation is 1. The van der Waals surface area contributed by atoms with E-state index in [0.29, 0.717) is 18.9 Å². The molecule has 27 heavy (non-hydrogen) atoms. The van der Waals surface area contributed by atoms with Crippen LogP contribution >= 0.6 is 0 Å². The minimum atomic E-state index is -0.112. The second-order valence-electron chi connectivity index (χ2n) is 7.33. The van der Waals surface area contributed by atoms with Gasteiger partial charge < -0.3 is 18.9 Å². The zero-order valence-electron chi connectivity index (χ0n) is 16.1. The minimum absolute atomic E-state index is 0.112. The van der Waals surface area contributed by atoms with E-state index in [1.807, 2.05) is 35.5 Å². The van der Waals surface area contributed by atoms with Crippen LogP contribution in [0.15, 0.2) is 30.6 Å².